The highest BCUT2D eigenvalue weighted by molar-refractivity contribution is 5.36. The Hall–Kier alpha value is -1.76. The Labute approximate surface area is 103 Å². The normalized spacial score (nSPS) is 10.3. The molecule has 0 fully saturated rings. The maximum Gasteiger partial charge on any atom is 0.122 e. The zero-order valence-corrected chi connectivity index (χ0v) is 10.7. The summed E-state index contributed by atoms with van der Waals surface area (Å²) < 4.78 is 5.84. The van der Waals surface area contributed by atoms with Gasteiger partial charge in [0.1, 0.15) is 12.4 Å². The molecule has 0 aliphatic rings. The van der Waals surface area contributed by atoms with Gasteiger partial charge in [-0.15, -0.1) is 0 Å². The molecule has 0 N–H and O–H groups in total. The van der Waals surface area contributed by atoms with Crippen molar-refractivity contribution in [3.05, 3.63) is 64.7 Å². The number of aryl methyl sites for hydroxylation is 3. The fourth-order valence-electron chi connectivity index (χ4n) is 1.71. The van der Waals surface area contributed by atoms with E-state index in [-0.39, 0.29) is 0 Å². The predicted octanol–water partition coefficient (Wildman–Crippen LogP) is 4.19. The van der Waals surface area contributed by atoms with Crippen LogP contribution in [0.5, 0.6) is 5.75 Å². The second kappa shape index (κ2) is 5.05. The van der Waals surface area contributed by atoms with Gasteiger partial charge in [0, 0.05) is 0 Å². The van der Waals surface area contributed by atoms with Crippen molar-refractivity contribution in [1.82, 2.24) is 0 Å². The lowest BCUT2D eigenvalue weighted by atomic mass is 10.1. The van der Waals surface area contributed by atoms with Crippen molar-refractivity contribution >= 4 is 0 Å². The monoisotopic (exact) mass is 226 g/mol. The minimum atomic E-state index is 0.630. The molecule has 0 aromatic heterocycles. The van der Waals surface area contributed by atoms with Gasteiger partial charge in [0.2, 0.25) is 0 Å². The number of ether oxygens (including phenoxy) is 1. The summed E-state index contributed by atoms with van der Waals surface area (Å²) in [5, 5.41) is 0. The van der Waals surface area contributed by atoms with Crippen LogP contribution in [0.2, 0.25) is 0 Å². The standard InChI is InChI=1S/C16H18O/c1-12-5-8-15(9-6-12)11-17-16-10-13(2)4-7-14(16)3/h4-10H,11H2,1-3H3. The van der Waals surface area contributed by atoms with E-state index < -0.39 is 0 Å². The smallest absolute Gasteiger partial charge is 0.122 e. The molecule has 0 atom stereocenters. The van der Waals surface area contributed by atoms with E-state index in [2.05, 4.69) is 63.2 Å². The number of hydrogen-bond donors (Lipinski definition) is 0. The van der Waals surface area contributed by atoms with Crippen LogP contribution in [-0.4, -0.2) is 0 Å². The molecular weight excluding hydrogens is 208 g/mol. The molecule has 88 valence electrons. The quantitative estimate of drug-likeness (QED) is 0.762. The van der Waals surface area contributed by atoms with Crippen LogP contribution in [0.4, 0.5) is 0 Å². The van der Waals surface area contributed by atoms with Crippen molar-refractivity contribution in [2.45, 2.75) is 27.4 Å². The molecule has 0 radical (unpaired) electrons. The average molecular weight is 226 g/mol. The largest absolute Gasteiger partial charge is 0.489 e. The summed E-state index contributed by atoms with van der Waals surface area (Å²) in [6, 6.07) is 14.7. The van der Waals surface area contributed by atoms with E-state index in [1.807, 2.05) is 0 Å². The molecule has 2 rings (SSSR count). The second-order valence-electron chi connectivity index (χ2n) is 4.54. The summed E-state index contributed by atoms with van der Waals surface area (Å²) in [7, 11) is 0. The highest BCUT2D eigenvalue weighted by Crippen LogP contribution is 2.20. The third kappa shape index (κ3) is 3.10. The van der Waals surface area contributed by atoms with Gasteiger partial charge in [-0.25, -0.2) is 0 Å². The van der Waals surface area contributed by atoms with Crippen LogP contribution in [0.15, 0.2) is 42.5 Å². The van der Waals surface area contributed by atoms with Crippen molar-refractivity contribution in [3.8, 4) is 5.75 Å². The highest BCUT2D eigenvalue weighted by atomic mass is 16.5. The first-order chi connectivity index (χ1) is 8.15. The molecule has 0 saturated carbocycles. The molecule has 0 spiro atoms. The maximum absolute atomic E-state index is 5.84. The van der Waals surface area contributed by atoms with Crippen molar-refractivity contribution in [2.24, 2.45) is 0 Å². The molecule has 0 heterocycles. The Kier molecular flexibility index (Phi) is 3.48. The van der Waals surface area contributed by atoms with Gasteiger partial charge < -0.3 is 4.74 Å². The van der Waals surface area contributed by atoms with E-state index >= 15 is 0 Å². The van der Waals surface area contributed by atoms with E-state index in [9.17, 15) is 0 Å². The van der Waals surface area contributed by atoms with Gasteiger partial charge in [-0.1, -0.05) is 42.0 Å². The zero-order valence-electron chi connectivity index (χ0n) is 10.7. The summed E-state index contributed by atoms with van der Waals surface area (Å²) >= 11 is 0. The van der Waals surface area contributed by atoms with Gasteiger partial charge in [0.25, 0.3) is 0 Å². The zero-order chi connectivity index (χ0) is 12.3. The van der Waals surface area contributed by atoms with Crippen LogP contribution in [0.25, 0.3) is 0 Å². The van der Waals surface area contributed by atoms with Gasteiger partial charge in [-0.2, -0.15) is 0 Å². The topological polar surface area (TPSA) is 9.23 Å². The fraction of sp³-hybridized carbons (Fsp3) is 0.250. The van der Waals surface area contributed by atoms with E-state index in [0.717, 1.165) is 5.75 Å². The van der Waals surface area contributed by atoms with Crippen molar-refractivity contribution in [3.63, 3.8) is 0 Å². The molecule has 0 bridgehead atoms. The van der Waals surface area contributed by atoms with Crippen LogP contribution in [0.1, 0.15) is 22.3 Å². The summed E-state index contributed by atoms with van der Waals surface area (Å²) in [4.78, 5) is 0. The Morgan fingerprint density at radius 2 is 1.47 bits per heavy atom. The van der Waals surface area contributed by atoms with Gasteiger partial charge >= 0.3 is 0 Å². The Bertz CT molecular complexity index is 497. The first kappa shape index (κ1) is 11.7. The molecule has 17 heavy (non-hydrogen) atoms. The molecule has 0 unspecified atom stereocenters. The summed E-state index contributed by atoms with van der Waals surface area (Å²) in [6.07, 6.45) is 0. The van der Waals surface area contributed by atoms with Gasteiger partial charge in [-0.05, 0) is 43.5 Å². The lowest BCUT2D eigenvalue weighted by Crippen LogP contribution is -1.97. The minimum absolute atomic E-state index is 0.630. The molecule has 0 aliphatic heterocycles. The summed E-state index contributed by atoms with van der Waals surface area (Å²) in [5.41, 5.74) is 4.90. The molecule has 1 heteroatoms. The lowest BCUT2D eigenvalue weighted by molar-refractivity contribution is 0.304. The number of rotatable bonds is 3. The van der Waals surface area contributed by atoms with E-state index in [1.54, 1.807) is 0 Å². The Morgan fingerprint density at radius 3 is 2.18 bits per heavy atom. The molecule has 2 aromatic carbocycles. The first-order valence-corrected chi connectivity index (χ1v) is 5.91. The Balaban J connectivity index is 2.07. The van der Waals surface area contributed by atoms with Crippen molar-refractivity contribution < 1.29 is 4.74 Å². The summed E-state index contributed by atoms with van der Waals surface area (Å²) in [6.45, 7) is 6.88. The Morgan fingerprint density at radius 1 is 0.824 bits per heavy atom. The highest BCUT2D eigenvalue weighted by Gasteiger charge is 2.00. The molecule has 0 saturated heterocycles. The third-order valence-electron chi connectivity index (χ3n) is 2.86. The predicted molar refractivity (Wildman–Crippen MR) is 71.4 cm³/mol. The second-order valence-corrected chi connectivity index (χ2v) is 4.54. The van der Waals surface area contributed by atoms with Gasteiger partial charge in [-0.3, -0.25) is 0 Å². The summed E-state index contributed by atoms with van der Waals surface area (Å²) in [5.74, 6) is 0.977. The average Bonchev–Trinajstić information content (AvgIpc) is 2.32. The molecule has 0 amide bonds. The molecule has 2 aromatic rings. The van der Waals surface area contributed by atoms with Crippen molar-refractivity contribution in [2.75, 3.05) is 0 Å². The van der Waals surface area contributed by atoms with Crippen LogP contribution in [0.3, 0.4) is 0 Å². The first-order valence-electron chi connectivity index (χ1n) is 5.91. The van der Waals surface area contributed by atoms with Crippen LogP contribution < -0.4 is 4.74 Å². The minimum Gasteiger partial charge on any atom is -0.489 e. The van der Waals surface area contributed by atoms with Crippen LogP contribution in [-0.2, 0) is 6.61 Å². The van der Waals surface area contributed by atoms with Crippen molar-refractivity contribution in [1.29, 1.82) is 0 Å². The fourth-order valence-corrected chi connectivity index (χ4v) is 1.71. The van der Waals surface area contributed by atoms with Gasteiger partial charge in [0.05, 0.1) is 0 Å². The van der Waals surface area contributed by atoms with Gasteiger partial charge in [0.15, 0.2) is 0 Å². The lowest BCUT2D eigenvalue weighted by Gasteiger charge is -2.10. The third-order valence-corrected chi connectivity index (χ3v) is 2.86. The molecule has 0 aliphatic carbocycles. The maximum atomic E-state index is 5.84. The number of benzene rings is 2. The van der Waals surface area contributed by atoms with E-state index in [0.29, 0.717) is 6.61 Å². The number of hydrogen-bond acceptors (Lipinski definition) is 1. The SMILES string of the molecule is Cc1ccc(COc2cc(C)ccc2C)cc1. The van der Waals surface area contributed by atoms with Crippen LogP contribution in [0, 0.1) is 20.8 Å². The van der Waals surface area contributed by atoms with Crippen LogP contribution >= 0.6 is 0 Å². The molecular formula is C16H18O. The van der Waals surface area contributed by atoms with E-state index in [1.165, 1.54) is 22.3 Å². The van der Waals surface area contributed by atoms with E-state index in [4.69, 9.17) is 4.74 Å². The molecule has 1 nitrogen and oxygen atoms in total.